The van der Waals surface area contributed by atoms with Gasteiger partial charge in [0, 0.05) is 23.6 Å². The van der Waals surface area contributed by atoms with Crippen molar-refractivity contribution in [1.82, 2.24) is 0 Å². The van der Waals surface area contributed by atoms with Crippen LogP contribution in [0.1, 0.15) is 23.8 Å². The monoisotopic (exact) mass is 294 g/mol. The van der Waals surface area contributed by atoms with E-state index in [1.54, 1.807) is 17.4 Å². The molecule has 1 aromatic heterocycles. The SMILES string of the molecule is CCCOc1cc(NCc2sccc2C)c(N)cc1F. The number of benzene rings is 1. The first-order chi connectivity index (χ1) is 9.61. The predicted octanol–water partition coefficient (Wildman–Crippen LogP) is 4.18. The molecule has 1 aromatic carbocycles. The minimum atomic E-state index is -0.422. The molecule has 5 heteroatoms. The summed E-state index contributed by atoms with van der Waals surface area (Å²) in [7, 11) is 0. The normalized spacial score (nSPS) is 10.6. The fraction of sp³-hybridized carbons (Fsp3) is 0.333. The highest BCUT2D eigenvalue weighted by atomic mass is 32.1. The summed E-state index contributed by atoms with van der Waals surface area (Å²) < 4.78 is 19.1. The summed E-state index contributed by atoms with van der Waals surface area (Å²) in [6, 6.07) is 5.00. The van der Waals surface area contributed by atoms with E-state index < -0.39 is 5.82 Å². The van der Waals surface area contributed by atoms with E-state index >= 15 is 0 Å². The number of thiophene rings is 1. The van der Waals surface area contributed by atoms with Crippen molar-refractivity contribution in [1.29, 1.82) is 0 Å². The smallest absolute Gasteiger partial charge is 0.167 e. The van der Waals surface area contributed by atoms with E-state index in [2.05, 4.69) is 23.7 Å². The number of anilines is 2. The van der Waals surface area contributed by atoms with E-state index in [1.807, 2.05) is 6.92 Å². The molecule has 0 unspecified atom stereocenters. The van der Waals surface area contributed by atoms with Gasteiger partial charge >= 0.3 is 0 Å². The molecule has 2 rings (SSSR count). The van der Waals surface area contributed by atoms with E-state index in [0.717, 1.165) is 6.42 Å². The molecule has 0 saturated heterocycles. The Morgan fingerprint density at radius 1 is 1.40 bits per heavy atom. The van der Waals surface area contributed by atoms with Crippen LogP contribution in [-0.2, 0) is 6.54 Å². The Kier molecular flexibility index (Phi) is 4.84. The van der Waals surface area contributed by atoms with Crippen molar-refractivity contribution in [2.24, 2.45) is 0 Å². The van der Waals surface area contributed by atoms with Gasteiger partial charge in [0.15, 0.2) is 11.6 Å². The third-order valence-electron chi connectivity index (χ3n) is 2.97. The van der Waals surface area contributed by atoms with Crippen LogP contribution in [-0.4, -0.2) is 6.61 Å². The molecule has 0 amide bonds. The van der Waals surface area contributed by atoms with Gasteiger partial charge in [-0.25, -0.2) is 4.39 Å². The maximum absolute atomic E-state index is 13.7. The lowest BCUT2D eigenvalue weighted by atomic mass is 10.2. The summed E-state index contributed by atoms with van der Waals surface area (Å²) in [6.45, 7) is 5.21. The van der Waals surface area contributed by atoms with Crippen molar-refractivity contribution in [3.8, 4) is 5.75 Å². The molecule has 20 heavy (non-hydrogen) atoms. The molecular weight excluding hydrogens is 275 g/mol. The fourth-order valence-electron chi connectivity index (χ4n) is 1.81. The van der Waals surface area contributed by atoms with Gasteiger partial charge in [0.05, 0.1) is 18.0 Å². The van der Waals surface area contributed by atoms with Crippen LogP contribution < -0.4 is 15.8 Å². The minimum Gasteiger partial charge on any atom is -0.490 e. The topological polar surface area (TPSA) is 47.3 Å². The minimum absolute atomic E-state index is 0.242. The van der Waals surface area contributed by atoms with Gasteiger partial charge in [-0.3, -0.25) is 0 Å². The zero-order valence-electron chi connectivity index (χ0n) is 11.7. The van der Waals surface area contributed by atoms with E-state index in [1.165, 1.54) is 16.5 Å². The summed E-state index contributed by atoms with van der Waals surface area (Å²) in [4.78, 5) is 1.24. The number of nitrogen functional groups attached to an aromatic ring is 1. The zero-order valence-corrected chi connectivity index (χ0v) is 12.5. The second-order valence-electron chi connectivity index (χ2n) is 4.60. The predicted molar refractivity (Wildman–Crippen MR) is 83.0 cm³/mol. The average Bonchev–Trinajstić information content (AvgIpc) is 2.82. The van der Waals surface area contributed by atoms with Crippen LogP contribution in [0.2, 0.25) is 0 Å². The van der Waals surface area contributed by atoms with Gasteiger partial charge in [-0.15, -0.1) is 11.3 Å². The van der Waals surface area contributed by atoms with Crippen molar-refractivity contribution in [2.75, 3.05) is 17.7 Å². The molecule has 0 aliphatic carbocycles. The van der Waals surface area contributed by atoms with Crippen LogP contribution in [0.25, 0.3) is 0 Å². The standard InChI is InChI=1S/C15H19FN2OS/c1-3-5-19-14-8-13(12(17)7-11(14)16)18-9-15-10(2)4-6-20-15/h4,6-8,18H,3,5,9,17H2,1-2H3. The fourth-order valence-corrected chi connectivity index (χ4v) is 2.65. The highest BCUT2D eigenvalue weighted by Gasteiger charge is 2.09. The first-order valence-corrected chi connectivity index (χ1v) is 7.48. The number of hydrogen-bond acceptors (Lipinski definition) is 4. The molecular formula is C15H19FN2OS. The molecule has 0 bridgehead atoms. The molecule has 3 nitrogen and oxygen atoms in total. The van der Waals surface area contributed by atoms with Crippen LogP contribution >= 0.6 is 11.3 Å². The number of nitrogens with two attached hydrogens (primary N) is 1. The maximum Gasteiger partial charge on any atom is 0.167 e. The Hall–Kier alpha value is -1.75. The summed E-state index contributed by atoms with van der Waals surface area (Å²) >= 11 is 1.69. The van der Waals surface area contributed by atoms with Crippen LogP contribution in [0.15, 0.2) is 23.6 Å². The molecule has 0 radical (unpaired) electrons. The highest BCUT2D eigenvalue weighted by molar-refractivity contribution is 7.10. The second-order valence-corrected chi connectivity index (χ2v) is 5.60. The summed E-state index contributed by atoms with van der Waals surface area (Å²) in [5.74, 6) is -0.180. The first kappa shape index (κ1) is 14.7. The van der Waals surface area contributed by atoms with E-state index in [0.29, 0.717) is 24.5 Å². The Balaban J connectivity index is 2.12. The molecule has 108 valence electrons. The van der Waals surface area contributed by atoms with Crippen molar-refractivity contribution in [3.63, 3.8) is 0 Å². The van der Waals surface area contributed by atoms with Gasteiger partial charge < -0.3 is 15.8 Å². The van der Waals surface area contributed by atoms with Crippen molar-refractivity contribution < 1.29 is 9.13 Å². The number of rotatable bonds is 6. The number of nitrogens with one attached hydrogen (secondary N) is 1. The second kappa shape index (κ2) is 6.61. The number of ether oxygens (including phenoxy) is 1. The van der Waals surface area contributed by atoms with Crippen LogP contribution in [0.4, 0.5) is 15.8 Å². The quantitative estimate of drug-likeness (QED) is 0.786. The summed E-state index contributed by atoms with van der Waals surface area (Å²) in [5.41, 5.74) is 8.17. The lowest BCUT2D eigenvalue weighted by Crippen LogP contribution is -2.05. The van der Waals surface area contributed by atoms with Gasteiger partial charge in [-0.1, -0.05) is 6.92 Å². The third kappa shape index (κ3) is 3.42. The van der Waals surface area contributed by atoms with Gasteiger partial charge in [0.1, 0.15) is 0 Å². The molecule has 0 saturated carbocycles. The van der Waals surface area contributed by atoms with E-state index in [9.17, 15) is 4.39 Å². The van der Waals surface area contributed by atoms with Gasteiger partial charge in [0.2, 0.25) is 0 Å². The Morgan fingerprint density at radius 2 is 2.20 bits per heavy atom. The molecule has 2 aromatic rings. The summed E-state index contributed by atoms with van der Waals surface area (Å²) in [5, 5.41) is 5.29. The van der Waals surface area contributed by atoms with Crippen molar-refractivity contribution in [2.45, 2.75) is 26.8 Å². The largest absolute Gasteiger partial charge is 0.490 e. The third-order valence-corrected chi connectivity index (χ3v) is 4.00. The molecule has 3 N–H and O–H groups in total. The number of halogens is 1. The Morgan fingerprint density at radius 3 is 2.85 bits per heavy atom. The van der Waals surface area contributed by atoms with Crippen LogP contribution in [0.3, 0.4) is 0 Å². The summed E-state index contributed by atoms with van der Waals surface area (Å²) in [6.07, 6.45) is 0.834. The lowest BCUT2D eigenvalue weighted by Gasteiger charge is -2.13. The number of hydrogen-bond donors (Lipinski definition) is 2. The van der Waals surface area contributed by atoms with Crippen molar-refractivity contribution in [3.05, 3.63) is 39.8 Å². The van der Waals surface area contributed by atoms with Gasteiger partial charge in [-0.05, 0) is 30.4 Å². The first-order valence-electron chi connectivity index (χ1n) is 6.60. The van der Waals surface area contributed by atoms with Crippen LogP contribution in [0, 0.1) is 12.7 Å². The molecule has 0 aliphatic rings. The molecule has 0 aliphatic heterocycles. The van der Waals surface area contributed by atoms with E-state index in [4.69, 9.17) is 10.5 Å². The molecule has 0 fully saturated rings. The molecule has 0 atom stereocenters. The van der Waals surface area contributed by atoms with Gasteiger partial charge in [0.25, 0.3) is 0 Å². The zero-order chi connectivity index (χ0) is 14.5. The average molecular weight is 294 g/mol. The maximum atomic E-state index is 13.7. The Bertz CT molecular complexity index is 583. The molecule has 0 spiro atoms. The number of aryl methyl sites for hydroxylation is 1. The van der Waals surface area contributed by atoms with Gasteiger partial charge in [-0.2, -0.15) is 0 Å². The lowest BCUT2D eigenvalue weighted by molar-refractivity contribution is 0.301. The van der Waals surface area contributed by atoms with Crippen molar-refractivity contribution >= 4 is 22.7 Å². The molecule has 1 heterocycles. The Labute approximate surface area is 122 Å². The van der Waals surface area contributed by atoms with E-state index in [-0.39, 0.29) is 5.75 Å². The van der Waals surface area contributed by atoms with Crippen LogP contribution in [0.5, 0.6) is 5.75 Å². The highest BCUT2D eigenvalue weighted by Crippen LogP contribution is 2.29.